The molecule has 4 heterocycles. The molecular formula is C62H38N4O2. The molecule has 0 aliphatic carbocycles. The van der Waals surface area contributed by atoms with E-state index in [1.807, 2.05) is 54.6 Å². The molecule has 0 fully saturated rings. The Hall–Kier alpha value is -9.26. The van der Waals surface area contributed by atoms with E-state index >= 15 is 0 Å². The Kier molecular flexibility index (Phi) is 9.39. The van der Waals surface area contributed by atoms with Crippen molar-refractivity contribution in [2.24, 2.45) is 0 Å². The second-order valence-corrected chi connectivity index (χ2v) is 16.9. The number of hydrogen-bond acceptors (Lipinski definition) is 6. The highest BCUT2D eigenvalue weighted by Crippen LogP contribution is 2.43. The average Bonchev–Trinajstić information content (AvgIpc) is 3.99. The Labute approximate surface area is 391 Å². The molecule has 0 aliphatic heterocycles. The second kappa shape index (κ2) is 16.3. The molecule has 0 unspecified atom stereocenters. The summed E-state index contributed by atoms with van der Waals surface area (Å²) >= 11 is 0. The predicted molar refractivity (Wildman–Crippen MR) is 276 cm³/mol. The minimum atomic E-state index is 0.541. The van der Waals surface area contributed by atoms with Gasteiger partial charge in [0.15, 0.2) is 11.6 Å². The van der Waals surface area contributed by atoms with Gasteiger partial charge in [0.25, 0.3) is 0 Å². The normalized spacial score (nSPS) is 11.5. The zero-order chi connectivity index (χ0) is 45.0. The lowest BCUT2D eigenvalue weighted by molar-refractivity contribution is 0.653. The van der Waals surface area contributed by atoms with E-state index in [1.165, 1.54) is 0 Å². The molecule has 0 radical (unpaired) electrons. The number of furan rings is 2. The topological polar surface area (TPSA) is 77.8 Å². The van der Waals surface area contributed by atoms with Crippen molar-refractivity contribution in [3.8, 4) is 89.8 Å². The first-order chi connectivity index (χ1) is 33.7. The highest BCUT2D eigenvalue weighted by molar-refractivity contribution is 6.12. The van der Waals surface area contributed by atoms with Crippen molar-refractivity contribution < 1.29 is 8.83 Å². The van der Waals surface area contributed by atoms with E-state index in [4.69, 9.17) is 28.8 Å². The van der Waals surface area contributed by atoms with E-state index in [0.29, 0.717) is 23.1 Å². The maximum atomic E-state index is 6.52. The van der Waals surface area contributed by atoms with Crippen LogP contribution in [0.1, 0.15) is 0 Å². The van der Waals surface area contributed by atoms with Crippen molar-refractivity contribution in [1.82, 2.24) is 19.9 Å². The lowest BCUT2D eigenvalue weighted by atomic mass is 9.91. The van der Waals surface area contributed by atoms with Crippen LogP contribution < -0.4 is 0 Å². The van der Waals surface area contributed by atoms with E-state index in [0.717, 1.165) is 111 Å². The Balaban J connectivity index is 0.945. The van der Waals surface area contributed by atoms with Gasteiger partial charge in [0, 0.05) is 33.0 Å². The van der Waals surface area contributed by atoms with Gasteiger partial charge in [0.05, 0.1) is 22.2 Å². The van der Waals surface area contributed by atoms with E-state index in [1.54, 1.807) is 0 Å². The summed E-state index contributed by atoms with van der Waals surface area (Å²) in [4.78, 5) is 21.1. The minimum Gasteiger partial charge on any atom is -0.438 e. The van der Waals surface area contributed by atoms with Crippen LogP contribution in [0.3, 0.4) is 0 Å². The fourth-order valence-corrected chi connectivity index (χ4v) is 9.58. The molecule has 318 valence electrons. The molecule has 68 heavy (non-hydrogen) atoms. The van der Waals surface area contributed by atoms with E-state index in [2.05, 4.69) is 176 Å². The molecule has 0 aliphatic rings. The maximum Gasteiger partial charge on any atom is 0.231 e. The van der Waals surface area contributed by atoms with Gasteiger partial charge in [-0.1, -0.05) is 200 Å². The number of para-hydroxylation sites is 2. The largest absolute Gasteiger partial charge is 0.438 e. The SMILES string of the molecule is c1ccc(-c2cccc(-c3nc(-c4cccc(-c5ccccc5-c5ccccc5-c5nc(-c6cccc(-c7ccccc7)c6)c6c(n5)oc5ccccc56)c4)nc4oc5ccccc5c34)c2)cc1. The molecule has 13 rings (SSSR count). The van der Waals surface area contributed by atoms with Crippen molar-refractivity contribution in [2.75, 3.05) is 0 Å². The monoisotopic (exact) mass is 870 g/mol. The highest BCUT2D eigenvalue weighted by atomic mass is 16.3. The van der Waals surface area contributed by atoms with Crippen LogP contribution in [0, 0.1) is 0 Å². The first-order valence-corrected chi connectivity index (χ1v) is 22.7. The van der Waals surface area contributed by atoms with Gasteiger partial charge in [-0.2, -0.15) is 9.97 Å². The molecule has 0 atom stereocenters. The summed E-state index contributed by atoms with van der Waals surface area (Å²) in [7, 11) is 0. The lowest BCUT2D eigenvalue weighted by Crippen LogP contribution is -1.97. The van der Waals surface area contributed by atoms with Crippen LogP contribution in [-0.4, -0.2) is 19.9 Å². The van der Waals surface area contributed by atoms with Gasteiger partial charge in [0.1, 0.15) is 11.2 Å². The van der Waals surface area contributed by atoms with Crippen LogP contribution in [-0.2, 0) is 0 Å². The highest BCUT2D eigenvalue weighted by Gasteiger charge is 2.23. The average molecular weight is 871 g/mol. The number of fused-ring (bicyclic) bond motifs is 6. The number of rotatable bonds is 8. The smallest absolute Gasteiger partial charge is 0.231 e. The van der Waals surface area contributed by atoms with Crippen LogP contribution in [0.25, 0.3) is 134 Å². The molecule has 6 heteroatoms. The molecule has 0 N–H and O–H groups in total. The van der Waals surface area contributed by atoms with Crippen LogP contribution in [0.4, 0.5) is 0 Å². The Bertz CT molecular complexity index is 4040. The van der Waals surface area contributed by atoms with Gasteiger partial charge in [-0.3, -0.25) is 0 Å². The molecule has 0 saturated carbocycles. The summed E-state index contributed by atoms with van der Waals surface area (Å²) in [5.41, 5.74) is 16.6. The van der Waals surface area contributed by atoms with Gasteiger partial charge in [-0.25, -0.2) is 9.97 Å². The summed E-state index contributed by atoms with van der Waals surface area (Å²) < 4.78 is 13.0. The van der Waals surface area contributed by atoms with E-state index < -0.39 is 0 Å². The number of nitrogens with zero attached hydrogens (tertiary/aromatic N) is 4. The first kappa shape index (κ1) is 39.1. The molecule has 4 aromatic heterocycles. The summed E-state index contributed by atoms with van der Waals surface area (Å²) in [5, 5.41) is 3.73. The molecule has 13 aromatic rings. The molecule has 0 spiro atoms. The molecule has 0 saturated heterocycles. The zero-order valence-electron chi connectivity index (χ0n) is 36.5. The quantitative estimate of drug-likeness (QED) is 0.151. The van der Waals surface area contributed by atoms with E-state index in [-0.39, 0.29) is 0 Å². The van der Waals surface area contributed by atoms with E-state index in [9.17, 15) is 0 Å². The summed E-state index contributed by atoms with van der Waals surface area (Å²) in [6, 6.07) is 79.4. The van der Waals surface area contributed by atoms with Crippen molar-refractivity contribution in [3.63, 3.8) is 0 Å². The minimum absolute atomic E-state index is 0.541. The predicted octanol–water partition coefficient (Wildman–Crippen LogP) is 16.4. The van der Waals surface area contributed by atoms with Crippen LogP contribution in [0.15, 0.2) is 239 Å². The summed E-state index contributed by atoms with van der Waals surface area (Å²) in [6.45, 7) is 0. The summed E-state index contributed by atoms with van der Waals surface area (Å²) in [6.07, 6.45) is 0. The van der Waals surface area contributed by atoms with Crippen molar-refractivity contribution in [3.05, 3.63) is 231 Å². The fraction of sp³-hybridized carbons (Fsp3) is 0. The maximum absolute atomic E-state index is 6.52. The number of hydrogen-bond donors (Lipinski definition) is 0. The zero-order valence-corrected chi connectivity index (χ0v) is 36.5. The van der Waals surface area contributed by atoms with Crippen molar-refractivity contribution in [1.29, 1.82) is 0 Å². The third kappa shape index (κ3) is 6.82. The Morgan fingerprint density at radius 2 is 0.632 bits per heavy atom. The van der Waals surface area contributed by atoms with Gasteiger partial charge < -0.3 is 8.83 Å². The van der Waals surface area contributed by atoms with Crippen LogP contribution in [0.2, 0.25) is 0 Å². The molecular weight excluding hydrogens is 833 g/mol. The third-order valence-corrected chi connectivity index (χ3v) is 12.8. The van der Waals surface area contributed by atoms with Gasteiger partial charge in [-0.05, 0) is 74.8 Å². The van der Waals surface area contributed by atoms with Gasteiger partial charge in [0.2, 0.25) is 11.4 Å². The third-order valence-electron chi connectivity index (χ3n) is 12.8. The Morgan fingerprint density at radius 1 is 0.250 bits per heavy atom. The van der Waals surface area contributed by atoms with Crippen molar-refractivity contribution in [2.45, 2.75) is 0 Å². The van der Waals surface area contributed by atoms with Gasteiger partial charge in [-0.15, -0.1) is 0 Å². The van der Waals surface area contributed by atoms with Crippen LogP contribution >= 0.6 is 0 Å². The summed E-state index contributed by atoms with van der Waals surface area (Å²) in [5.74, 6) is 1.15. The van der Waals surface area contributed by atoms with Gasteiger partial charge >= 0.3 is 0 Å². The second-order valence-electron chi connectivity index (χ2n) is 16.9. The molecule has 6 nitrogen and oxygen atoms in total. The first-order valence-electron chi connectivity index (χ1n) is 22.7. The molecule has 0 bridgehead atoms. The Morgan fingerprint density at radius 3 is 1.21 bits per heavy atom. The lowest BCUT2D eigenvalue weighted by Gasteiger charge is -2.15. The number of aromatic nitrogens is 4. The van der Waals surface area contributed by atoms with Crippen LogP contribution in [0.5, 0.6) is 0 Å². The number of benzene rings is 9. The molecule has 9 aromatic carbocycles. The fourth-order valence-electron chi connectivity index (χ4n) is 9.58. The van der Waals surface area contributed by atoms with Crippen molar-refractivity contribution >= 4 is 44.1 Å². The standard InChI is InChI=1S/C62H38N4O2/c1-3-18-39(19-4-1)41-22-15-25-44(36-41)57-55-51-32-11-13-34-53(51)67-61(55)65-59(63-57)46-27-17-24-43(38-46)47-28-7-8-29-48(47)49-30-9-10-31-50(49)60-64-58(56-52-33-12-14-35-54(52)68-62(56)66-60)45-26-16-23-42(37-45)40-20-5-2-6-21-40/h1-38H. The molecule has 0 amide bonds.